The third kappa shape index (κ3) is 4.58. The van der Waals surface area contributed by atoms with Crippen LogP contribution >= 0.6 is 0 Å². The number of benzene rings is 2. The van der Waals surface area contributed by atoms with E-state index in [1.807, 2.05) is 49.4 Å². The Morgan fingerprint density at radius 2 is 1.85 bits per heavy atom. The van der Waals surface area contributed by atoms with Crippen LogP contribution in [-0.4, -0.2) is 24.8 Å². The lowest BCUT2D eigenvalue weighted by atomic mass is 9.97. The first kappa shape index (κ1) is 18.8. The van der Waals surface area contributed by atoms with E-state index in [4.69, 9.17) is 14.2 Å². The Labute approximate surface area is 158 Å². The van der Waals surface area contributed by atoms with E-state index < -0.39 is 12.1 Å². The fraction of sp³-hybridized carbons (Fsp3) is 0.333. The average Bonchev–Trinajstić information content (AvgIpc) is 3.15. The van der Waals surface area contributed by atoms with Gasteiger partial charge in [0, 0.05) is 6.54 Å². The summed E-state index contributed by atoms with van der Waals surface area (Å²) in [7, 11) is 0. The predicted molar refractivity (Wildman–Crippen MR) is 99.4 cm³/mol. The second-order valence-electron chi connectivity index (χ2n) is 6.36. The van der Waals surface area contributed by atoms with Crippen molar-refractivity contribution in [3.05, 3.63) is 59.7 Å². The number of carbonyl (C=O) groups is 2. The summed E-state index contributed by atoms with van der Waals surface area (Å²) in [6, 6.07) is 14.9. The first-order valence-corrected chi connectivity index (χ1v) is 9.00. The molecule has 27 heavy (non-hydrogen) atoms. The zero-order valence-electron chi connectivity index (χ0n) is 15.4. The van der Waals surface area contributed by atoms with Gasteiger partial charge in [-0.2, -0.15) is 0 Å². The minimum absolute atomic E-state index is 0.206. The number of rotatable bonds is 7. The zero-order chi connectivity index (χ0) is 19.2. The number of ether oxygens (including phenoxy) is 3. The summed E-state index contributed by atoms with van der Waals surface area (Å²) >= 11 is 0. The van der Waals surface area contributed by atoms with Crippen molar-refractivity contribution in [1.82, 2.24) is 5.32 Å². The molecule has 0 saturated carbocycles. The predicted octanol–water partition coefficient (Wildman–Crippen LogP) is 3.16. The van der Waals surface area contributed by atoms with Crippen molar-refractivity contribution in [2.45, 2.75) is 38.8 Å². The SMILES string of the molecule is CC[C@@H](C(=O)O[C@@H](C)C(=O)NCc1ccc2c(c1)OCO2)c1ccccc1. The summed E-state index contributed by atoms with van der Waals surface area (Å²) in [6.07, 6.45) is -0.266. The maximum Gasteiger partial charge on any atom is 0.314 e. The van der Waals surface area contributed by atoms with Gasteiger partial charge in [-0.05, 0) is 36.6 Å². The third-order valence-corrected chi connectivity index (χ3v) is 4.46. The molecule has 142 valence electrons. The highest BCUT2D eigenvalue weighted by Crippen LogP contribution is 2.32. The van der Waals surface area contributed by atoms with Gasteiger partial charge in [0.15, 0.2) is 17.6 Å². The third-order valence-electron chi connectivity index (χ3n) is 4.46. The molecule has 0 spiro atoms. The van der Waals surface area contributed by atoms with Crippen LogP contribution in [0.3, 0.4) is 0 Å². The van der Waals surface area contributed by atoms with Crippen LogP contribution in [0.15, 0.2) is 48.5 Å². The molecule has 2 aromatic rings. The highest BCUT2D eigenvalue weighted by molar-refractivity contribution is 5.85. The molecule has 1 heterocycles. The van der Waals surface area contributed by atoms with Gasteiger partial charge in [0.25, 0.3) is 5.91 Å². The molecule has 2 atom stereocenters. The van der Waals surface area contributed by atoms with Crippen LogP contribution in [0.4, 0.5) is 0 Å². The Morgan fingerprint density at radius 1 is 1.11 bits per heavy atom. The Hall–Kier alpha value is -3.02. The maximum absolute atomic E-state index is 12.5. The van der Waals surface area contributed by atoms with Gasteiger partial charge < -0.3 is 19.5 Å². The zero-order valence-corrected chi connectivity index (χ0v) is 15.4. The van der Waals surface area contributed by atoms with Gasteiger partial charge in [-0.3, -0.25) is 9.59 Å². The van der Waals surface area contributed by atoms with Crippen LogP contribution in [0.2, 0.25) is 0 Å². The molecular formula is C21H23NO5. The van der Waals surface area contributed by atoms with Crippen molar-refractivity contribution in [2.24, 2.45) is 0 Å². The van der Waals surface area contributed by atoms with Crippen molar-refractivity contribution < 1.29 is 23.8 Å². The smallest absolute Gasteiger partial charge is 0.314 e. The first-order valence-electron chi connectivity index (χ1n) is 9.00. The van der Waals surface area contributed by atoms with Gasteiger partial charge in [0.05, 0.1) is 5.92 Å². The van der Waals surface area contributed by atoms with E-state index in [1.54, 1.807) is 13.0 Å². The number of carbonyl (C=O) groups excluding carboxylic acids is 2. The monoisotopic (exact) mass is 369 g/mol. The molecule has 0 saturated heterocycles. The average molecular weight is 369 g/mol. The standard InChI is InChI=1S/C21H23NO5/c1-3-17(16-7-5-4-6-8-16)21(24)27-14(2)20(23)22-12-15-9-10-18-19(11-15)26-13-25-18/h4-11,14,17H,3,12-13H2,1-2H3,(H,22,23)/t14-,17+/m0/s1. The van der Waals surface area contributed by atoms with Crippen LogP contribution in [0.1, 0.15) is 37.3 Å². The van der Waals surface area contributed by atoms with Crippen molar-refractivity contribution in [1.29, 1.82) is 0 Å². The topological polar surface area (TPSA) is 73.9 Å². The summed E-state index contributed by atoms with van der Waals surface area (Å²) in [6.45, 7) is 4.01. The number of hydrogen-bond donors (Lipinski definition) is 1. The summed E-state index contributed by atoms with van der Waals surface area (Å²) in [5.41, 5.74) is 1.76. The van der Waals surface area contributed by atoms with Crippen LogP contribution in [-0.2, 0) is 20.9 Å². The normalized spacial score (nSPS) is 14.3. The minimum atomic E-state index is -0.871. The van der Waals surface area contributed by atoms with Gasteiger partial charge >= 0.3 is 5.97 Å². The van der Waals surface area contributed by atoms with Crippen molar-refractivity contribution in [3.63, 3.8) is 0 Å². The molecule has 0 aliphatic carbocycles. The molecule has 6 heteroatoms. The molecule has 1 aliphatic rings. The summed E-state index contributed by atoms with van der Waals surface area (Å²) in [4.78, 5) is 24.7. The second kappa shape index (κ2) is 8.58. The Balaban J connectivity index is 1.53. The second-order valence-corrected chi connectivity index (χ2v) is 6.36. The molecule has 1 aliphatic heterocycles. The molecule has 0 aromatic heterocycles. The van der Waals surface area contributed by atoms with Gasteiger partial charge in [0.1, 0.15) is 0 Å². The van der Waals surface area contributed by atoms with Crippen molar-refractivity contribution in [3.8, 4) is 11.5 Å². The number of hydrogen-bond acceptors (Lipinski definition) is 5. The molecule has 3 rings (SSSR count). The molecule has 0 radical (unpaired) electrons. The highest BCUT2D eigenvalue weighted by atomic mass is 16.7. The lowest BCUT2D eigenvalue weighted by Crippen LogP contribution is -2.36. The summed E-state index contributed by atoms with van der Waals surface area (Å²) in [5, 5.41) is 2.78. The molecular weight excluding hydrogens is 346 g/mol. The van der Waals surface area contributed by atoms with E-state index in [0.717, 1.165) is 11.1 Å². The fourth-order valence-electron chi connectivity index (χ4n) is 2.92. The van der Waals surface area contributed by atoms with Crippen LogP contribution in [0.25, 0.3) is 0 Å². The Bertz CT molecular complexity index is 805. The van der Waals surface area contributed by atoms with Gasteiger partial charge in [-0.15, -0.1) is 0 Å². The largest absolute Gasteiger partial charge is 0.454 e. The molecule has 6 nitrogen and oxygen atoms in total. The van der Waals surface area contributed by atoms with Crippen LogP contribution in [0, 0.1) is 0 Å². The molecule has 1 N–H and O–H groups in total. The molecule has 0 unspecified atom stereocenters. The van der Waals surface area contributed by atoms with E-state index in [2.05, 4.69) is 5.32 Å². The molecule has 0 bridgehead atoms. The number of amides is 1. The van der Waals surface area contributed by atoms with Gasteiger partial charge in [-0.1, -0.05) is 43.3 Å². The maximum atomic E-state index is 12.5. The quantitative estimate of drug-likeness (QED) is 0.759. The van der Waals surface area contributed by atoms with E-state index in [1.165, 1.54) is 0 Å². The lowest BCUT2D eigenvalue weighted by molar-refractivity contribution is -0.156. The first-order chi connectivity index (χ1) is 13.1. The van der Waals surface area contributed by atoms with Gasteiger partial charge in [0.2, 0.25) is 6.79 Å². The van der Waals surface area contributed by atoms with Crippen LogP contribution in [0.5, 0.6) is 11.5 Å². The van der Waals surface area contributed by atoms with Crippen molar-refractivity contribution in [2.75, 3.05) is 6.79 Å². The van der Waals surface area contributed by atoms with E-state index in [9.17, 15) is 9.59 Å². The van der Waals surface area contributed by atoms with E-state index in [-0.39, 0.29) is 18.6 Å². The molecule has 0 fully saturated rings. The van der Waals surface area contributed by atoms with Crippen LogP contribution < -0.4 is 14.8 Å². The van der Waals surface area contributed by atoms with Crippen molar-refractivity contribution >= 4 is 11.9 Å². The number of fused-ring (bicyclic) bond motifs is 1. The molecule has 1 amide bonds. The molecule has 2 aromatic carbocycles. The Kier molecular flexibility index (Phi) is 5.96. The number of esters is 1. The fourth-order valence-corrected chi connectivity index (χ4v) is 2.92. The van der Waals surface area contributed by atoms with E-state index >= 15 is 0 Å². The van der Waals surface area contributed by atoms with E-state index in [0.29, 0.717) is 24.5 Å². The van der Waals surface area contributed by atoms with Gasteiger partial charge in [-0.25, -0.2) is 0 Å². The lowest BCUT2D eigenvalue weighted by Gasteiger charge is -2.18. The number of nitrogens with one attached hydrogen (secondary N) is 1. The minimum Gasteiger partial charge on any atom is -0.454 e. The Morgan fingerprint density at radius 3 is 2.59 bits per heavy atom. The highest BCUT2D eigenvalue weighted by Gasteiger charge is 2.25. The summed E-state index contributed by atoms with van der Waals surface area (Å²) < 4.78 is 16.0. The summed E-state index contributed by atoms with van der Waals surface area (Å²) in [5.74, 6) is 0.238.